The fourth-order valence-corrected chi connectivity index (χ4v) is 5.37. The average Bonchev–Trinajstić information content (AvgIpc) is 2.88. The van der Waals surface area contributed by atoms with Crippen molar-refractivity contribution in [3.63, 3.8) is 0 Å². The number of fused-ring (bicyclic) bond motifs is 1. The molecule has 196 valence electrons. The predicted molar refractivity (Wildman–Crippen MR) is 144 cm³/mol. The van der Waals surface area contributed by atoms with Crippen LogP contribution in [0.5, 0.6) is 0 Å². The van der Waals surface area contributed by atoms with Gasteiger partial charge in [0.05, 0.1) is 20.3 Å². The number of nitrogens with zero attached hydrogens (tertiary/aromatic N) is 3. The number of anilines is 1. The minimum Gasteiger partial charge on any atom is -0.378 e. The number of halogens is 1. The Bertz CT molecular complexity index is 1630. The molecule has 0 aliphatic heterocycles. The maximum Gasteiger partial charge on any atom is 0.269 e. The van der Waals surface area contributed by atoms with E-state index in [1.165, 1.54) is 48.5 Å². The molecule has 0 spiro atoms. The van der Waals surface area contributed by atoms with Crippen LogP contribution < -0.4 is 10.0 Å². The van der Waals surface area contributed by atoms with Gasteiger partial charge in [-0.05, 0) is 49.2 Å². The second-order valence-electron chi connectivity index (χ2n) is 8.58. The minimum atomic E-state index is -3.98. The zero-order valence-electron chi connectivity index (χ0n) is 20.2. The highest BCUT2D eigenvalue weighted by molar-refractivity contribution is 7.89. The largest absolute Gasteiger partial charge is 0.378 e. The highest BCUT2D eigenvalue weighted by Gasteiger charge is 2.21. The third-order valence-corrected chi connectivity index (χ3v) is 7.70. The highest BCUT2D eigenvalue weighted by atomic mass is 35.5. The lowest BCUT2D eigenvalue weighted by molar-refractivity contribution is -0.385. The fraction of sp³-hybridized carbons (Fsp3) is 0.160. The molecule has 2 N–H and O–H groups in total. The number of nitro groups is 2. The molecule has 3 aromatic carbocycles. The van der Waals surface area contributed by atoms with Crippen LogP contribution in [0.1, 0.15) is 37.1 Å². The number of hydrogen-bond acceptors (Lipinski definition) is 8. The van der Waals surface area contributed by atoms with E-state index in [9.17, 15) is 28.6 Å². The van der Waals surface area contributed by atoms with Crippen LogP contribution in [0.4, 0.5) is 17.1 Å². The second kappa shape index (κ2) is 10.7. The van der Waals surface area contributed by atoms with E-state index >= 15 is 0 Å². The standard InChI is InChI=1S/C25H22ClN5O6S/c1-15(17-3-7-19(8-4-17)30(32)33)27-24-14-25(26)28-23-12-11-21(13-22(23)24)38(36,37)29-16(2)18-5-9-20(10-6-18)31(34)35/h3-16,29H,1-2H3,(H,27,28). The van der Waals surface area contributed by atoms with Crippen LogP contribution in [0.15, 0.2) is 77.7 Å². The van der Waals surface area contributed by atoms with Crippen molar-refractivity contribution in [1.82, 2.24) is 9.71 Å². The van der Waals surface area contributed by atoms with Crippen molar-refractivity contribution in [1.29, 1.82) is 0 Å². The molecule has 2 atom stereocenters. The number of hydrogen-bond donors (Lipinski definition) is 2. The Balaban J connectivity index is 1.62. The molecule has 0 aliphatic rings. The first-order valence-corrected chi connectivity index (χ1v) is 13.2. The van der Waals surface area contributed by atoms with Gasteiger partial charge in [-0.25, -0.2) is 18.1 Å². The minimum absolute atomic E-state index is 0.00563. The first kappa shape index (κ1) is 26.9. The zero-order valence-corrected chi connectivity index (χ0v) is 21.7. The van der Waals surface area contributed by atoms with Crippen molar-refractivity contribution in [3.05, 3.63) is 109 Å². The summed E-state index contributed by atoms with van der Waals surface area (Å²) < 4.78 is 29.0. The fourth-order valence-electron chi connectivity index (χ4n) is 3.91. The van der Waals surface area contributed by atoms with Gasteiger partial charge in [0.15, 0.2) is 0 Å². The van der Waals surface area contributed by atoms with E-state index in [0.29, 0.717) is 22.2 Å². The molecule has 0 saturated heterocycles. The van der Waals surface area contributed by atoms with Crippen LogP contribution in [0.2, 0.25) is 5.15 Å². The number of non-ortho nitro benzene ring substituents is 2. The van der Waals surface area contributed by atoms with Crippen molar-refractivity contribution in [2.75, 3.05) is 5.32 Å². The first-order valence-electron chi connectivity index (χ1n) is 11.3. The highest BCUT2D eigenvalue weighted by Crippen LogP contribution is 2.31. The molecule has 0 saturated carbocycles. The summed E-state index contributed by atoms with van der Waals surface area (Å²) in [5.41, 5.74) is 2.23. The molecule has 2 unspecified atom stereocenters. The maximum absolute atomic E-state index is 13.2. The van der Waals surface area contributed by atoms with Crippen molar-refractivity contribution >= 4 is 49.6 Å². The molecule has 0 bridgehead atoms. The number of rotatable bonds is 9. The van der Waals surface area contributed by atoms with Crippen molar-refractivity contribution in [2.45, 2.75) is 30.8 Å². The molecule has 13 heteroatoms. The molecule has 11 nitrogen and oxygen atoms in total. The summed E-state index contributed by atoms with van der Waals surface area (Å²) in [4.78, 5) is 25.1. The molecule has 0 radical (unpaired) electrons. The summed E-state index contributed by atoms with van der Waals surface area (Å²) in [6.07, 6.45) is 0. The Morgan fingerprint density at radius 1 is 0.816 bits per heavy atom. The average molecular weight is 556 g/mol. The zero-order chi connectivity index (χ0) is 27.6. The van der Waals surface area contributed by atoms with E-state index < -0.39 is 25.9 Å². The van der Waals surface area contributed by atoms with Crippen molar-refractivity contribution in [2.24, 2.45) is 0 Å². The van der Waals surface area contributed by atoms with Crippen LogP contribution >= 0.6 is 11.6 Å². The third-order valence-electron chi connectivity index (χ3n) is 5.97. The van der Waals surface area contributed by atoms with Crippen LogP contribution in [0.3, 0.4) is 0 Å². The van der Waals surface area contributed by atoms with Gasteiger partial charge < -0.3 is 5.32 Å². The van der Waals surface area contributed by atoms with Crippen LogP contribution in [0, 0.1) is 20.2 Å². The number of pyridine rings is 1. The van der Waals surface area contributed by atoms with E-state index in [0.717, 1.165) is 5.56 Å². The van der Waals surface area contributed by atoms with Crippen molar-refractivity contribution < 1.29 is 18.3 Å². The van der Waals surface area contributed by atoms with E-state index in [-0.39, 0.29) is 27.5 Å². The Kier molecular flexibility index (Phi) is 7.58. The molecular weight excluding hydrogens is 534 g/mol. The quantitative estimate of drug-likeness (QED) is 0.146. The third kappa shape index (κ3) is 5.88. The Labute approximate surface area is 222 Å². The van der Waals surface area contributed by atoms with Crippen LogP contribution in [-0.4, -0.2) is 23.2 Å². The number of benzene rings is 3. The lowest BCUT2D eigenvalue weighted by Gasteiger charge is -2.18. The molecular formula is C25H22ClN5O6S. The summed E-state index contributed by atoms with van der Waals surface area (Å²) in [5, 5.41) is 25.8. The smallest absolute Gasteiger partial charge is 0.269 e. The van der Waals surface area contributed by atoms with Gasteiger partial charge in [-0.15, -0.1) is 0 Å². The number of sulfonamides is 1. The Morgan fingerprint density at radius 2 is 1.34 bits per heavy atom. The topological polar surface area (TPSA) is 157 Å². The van der Waals surface area contributed by atoms with E-state index in [1.54, 1.807) is 31.2 Å². The monoisotopic (exact) mass is 555 g/mol. The van der Waals surface area contributed by atoms with Gasteiger partial charge >= 0.3 is 0 Å². The van der Waals surface area contributed by atoms with Gasteiger partial charge in [0.2, 0.25) is 10.0 Å². The predicted octanol–water partition coefficient (Wildman–Crippen LogP) is 5.92. The summed E-state index contributed by atoms with van der Waals surface area (Å²) in [6.45, 7) is 3.50. The van der Waals surface area contributed by atoms with Gasteiger partial charge in [-0.3, -0.25) is 20.2 Å². The molecule has 0 amide bonds. The van der Waals surface area contributed by atoms with Gasteiger partial charge in [-0.2, -0.15) is 0 Å². The second-order valence-corrected chi connectivity index (χ2v) is 10.7. The Hall–Kier alpha value is -4.13. The molecule has 1 heterocycles. The van der Waals surface area contributed by atoms with E-state index in [2.05, 4.69) is 15.0 Å². The molecule has 4 rings (SSSR count). The van der Waals surface area contributed by atoms with Crippen LogP contribution in [0.25, 0.3) is 10.9 Å². The number of nitrogens with one attached hydrogen (secondary N) is 2. The molecule has 0 fully saturated rings. The summed E-state index contributed by atoms with van der Waals surface area (Å²) in [7, 11) is -3.98. The van der Waals surface area contributed by atoms with Crippen LogP contribution in [-0.2, 0) is 10.0 Å². The summed E-state index contributed by atoms with van der Waals surface area (Å²) >= 11 is 6.21. The number of nitro benzene ring substituents is 2. The lowest BCUT2D eigenvalue weighted by Crippen LogP contribution is -2.26. The normalized spacial score (nSPS) is 13.1. The molecule has 1 aromatic heterocycles. The van der Waals surface area contributed by atoms with Gasteiger partial charge in [0.25, 0.3) is 11.4 Å². The summed E-state index contributed by atoms with van der Waals surface area (Å²) in [6, 6.07) is 16.8. The van der Waals surface area contributed by atoms with Crippen molar-refractivity contribution in [3.8, 4) is 0 Å². The van der Waals surface area contributed by atoms with E-state index in [4.69, 9.17) is 11.6 Å². The molecule has 4 aromatic rings. The SMILES string of the molecule is CC(Nc1cc(Cl)nc2ccc(S(=O)(=O)NC(C)c3ccc([N+](=O)[O-])cc3)cc12)c1ccc([N+](=O)[O-])cc1. The summed E-state index contributed by atoms with van der Waals surface area (Å²) in [5.74, 6) is 0. The molecule has 38 heavy (non-hydrogen) atoms. The van der Waals surface area contributed by atoms with Gasteiger partial charge in [0, 0.05) is 47.4 Å². The Morgan fingerprint density at radius 3 is 1.87 bits per heavy atom. The first-order chi connectivity index (χ1) is 17.9. The number of aromatic nitrogens is 1. The molecule has 0 aliphatic carbocycles. The van der Waals surface area contributed by atoms with Gasteiger partial charge in [0.1, 0.15) is 5.15 Å². The van der Waals surface area contributed by atoms with E-state index in [1.807, 2.05) is 6.92 Å². The van der Waals surface area contributed by atoms with Gasteiger partial charge in [-0.1, -0.05) is 35.9 Å². The maximum atomic E-state index is 13.2. The lowest BCUT2D eigenvalue weighted by atomic mass is 10.1.